The molecule has 0 aliphatic carbocycles. The highest BCUT2D eigenvalue weighted by atomic mass is 32.1. The second-order valence-corrected chi connectivity index (χ2v) is 2.84. The molecule has 66 valence electrons. The number of hydrogen-bond acceptors (Lipinski definition) is 2. The molecule has 0 spiro atoms. The van der Waals surface area contributed by atoms with E-state index in [1.165, 1.54) is 12.1 Å². The van der Waals surface area contributed by atoms with Gasteiger partial charge in [0.15, 0.2) is 0 Å². The molecule has 0 heterocycles. The van der Waals surface area contributed by atoms with E-state index < -0.39 is 5.82 Å². The molecule has 13 heavy (non-hydrogen) atoms. The first-order valence-corrected chi connectivity index (χ1v) is 4.37. The lowest BCUT2D eigenvalue weighted by atomic mass is 10.1. The minimum Gasteiger partial charge on any atom is -0.207 e. The molecular formula is C10H8FNS. The van der Waals surface area contributed by atoms with Crippen molar-refractivity contribution in [2.24, 2.45) is 0 Å². The van der Waals surface area contributed by atoms with Gasteiger partial charge in [-0.15, -0.1) is 0 Å². The van der Waals surface area contributed by atoms with Crippen molar-refractivity contribution >= 4 is 18.7 Å². The Balaban J connectivity index is 3.03. The van der Waals surface area contributed by atoms with Crippen molar-refractivity contribution in [3.63, 3.8) is 0 Å². The molecule has 0 N–H and O–H groups in total. The molecule has 0 unspecified atom stereocenters. The molecule has 0 saturated heterocycles. The van der Waals surface area contributed by atoms with Gasteiger partial charge in [-0.05, 0) is 23.8 Å². The van der Waals surface area contributed by atoms with E-state index in [1.807, 2.05) is 6.07 Å². The third-order valence-corrected chi connectivity index (χ3v) is 1.68. The lowest BCUT2D eigenvalue weighted by Crippen LogP contribution is -1.81. The first kappa shape index (κ1) is 9.82. The summed E-state index contributed by atoms with van der Waals surface area (Å²) in [7, 11) is 0. The Morgan fingerprint density at radius 3 is 2.85 bits per heavy atom. The highest BCUT2D eigenvalue weighted by Gasteiger charge is 1.96. The van der Waals surface area contributed by atoms with Gasteiger partial charge in [0.2, 0.25) is 0 Å². The third kappa shape index (κ3) is 2.92. The first-order valence-electron chi connectivity index (χ1n) is 3.74. The van der Waals surface area contributed by atoms with E-state index in [4.69, 9.17) is 5.26 Å². The molecule has 0 atom stereocenters. The Morgan fingerprint density at radius 1 is 1.46 bits per heavy atom. The molecule has 0 fully saturated rings. The van der Waals surface area contributed by atoms with Crippen LogP contribution in [0.1, 0.15) is 11.1 Å². The fourth-order valence-electron chi connectivity index (χ4n) is 0.962. The minimum absolute atomic E-state index is 0.332. The van der Waals surface area contributed by atoms with Gasteiger partial charge in [-0.2, -0.15) is 17.9 Å². The monoisotopic (exact) mass is 193 g/mol. The quantitative estimate of drug-likeness (QED) is 0.717. The van der Waals surface area contributed by atoms with E-state index >= 15 is 0 Å². The Kier molecular flexibility index (Phi) is 3.53. The van der Waals surface area contributed by atoms with Crippen LogP contribution in [-0.2, 0) is 0 Å². The molecule has 0 amide bonds. The van der Waals surface area contributed by atoms with Crippen LogP contribution in [-0.4, -0.2) is 5.75 Å². The second-order valence-electron chi connectivity index (χ2n) is 2.47. The van der Waals surface area contributed by atoms with E-state index in [1.54, 1.807) is 18.2 Å². The average molecular weight is 193 g/mol. The molecule has 1 aromatic rings. The zero-order valence-electron chi connectivity index (χ0n) is 6.87. The summed E-state index contributed by atoms with van der Waals surface area (Å²) in [6, 6.07) is 6.10. The fourth-order valence-corrected chi connectivity index (χ4v) is 1.07. The highest BCUT2D eigenvalue weighted by molar-refractivity contribution is 7.80. The van der Waals surface area contributed by atoms with Crippen LogP contribution in [0.4, 0.5) is 4.39 Å². The van der Waals surface area contributed by atoms with E-state index in [-0.39, 0.29) is 0 Å². The van der Waals surface area contributed by atoms with Gasteiger partial charge in [0.1, 0.15) is 5.82 Å². The number of nitriles is 1. The van der Waals surface area contributed by atoms with E-state index in [0.29, 0.717) is 16.9 Å². The van der Waals surface area contributed by atoms with Gasteiger partial charge in [0, 0.05) is 5.75 Å². The van der Waals surface area contributed by atoms with Crippen LogP contribution in [0, 0.1) is 17.1 Å². The number of hydrogen-bond donors (Lipinski definition) is 1. The SMILES string of the molecule is N#Cc1cc(F)cc(C=CCS)c1. The summed E-state index contributed by atoms with van der Waals surface area (Å²) in [6.45, 7) is 0. The minimum atomic E-state index is -0.391. The molecule has 0 aliphatic heterocycles. The van der Waals surface area contributed by atoms with Crippen LogP contribution in [0.2, 0.25) is 0 Å². The summed E-state index contributed by atoms with van der Waals surface area (Å²) in [5.74, 6) is 0.205. The van der Waals surface area contributed by atoms with Gasteiger partial charge in [0.25, 0.3) is 0 Å². The Hall–Kier alpha value is -1.27. The van der Waals surface area contributed by atoms with Crippen molar-refractivity contribution in [2.75, 3.05) is 5.75 Å². The smallest absolute Gasteiger partial charge is 0.125 e. The van der Waals surface area contributed by atoms with Gasteiger partial charge in [-0.1, -0.05) is 12.2 Å². The van der Waals surface area contributed by atoms with Gasteiger partial charge in [-0.25, -0.2) is 4.39 Å². The maximum atomic E-state index is 12.8. The molecule has 0 bridgehead atoms. The predicted octanol–water partition coefficient (Wildman–Crippen LogP) is 2.64. The highest BCUT2D eigenvalue weighted by Crippen LogP contribution is 2.09. The maximum Gasteiger partial charge on any atom is 0.125 e. The molecule has 0 aromatic heterocycles. The van der Waals surface area contributed by atoms with Gasteiger partial charge >= 0.3 is 0 Å². The van der Waals surface area contributed by atoms with Crippen molar-refractivity contribution in [1.29, 1.82) is 5.26 Å². The molecule has 1 nitrogen and oxygen atoms in total. The Morgan fingerprint density at radius 2 is 2.23 bits per heavy atom. The van der Waals surface area contributed by atoms with Crippen molar-refractivity contribution in [3.05, 3.63) is 41.2 Å². The Bertz CT molecular complexity index is 366. The summed E-state index contributed by atoms with van der Waals surface area (Å²) >= 11 is 3.98. The maximum absolute atomic E-state index is 12.8. The number of thiol groups is 1. The number of benzene rings is 1. The van der Waals surface area contributed by atoms with Crippen LogP contribution in [0.15, 0.2) is 24.3 Å². The van der Waals surface area contributed by atoms with Crippen molar-refractivity contribution in [3.8, 4) is 6.07 Å². The zero-order valence-corrected chi connectivity index (χ0v) is 7.76. The standard InChI is InChI=1S/C10H8FNS/c11-10-5-8(2-1-3-13)4-9(6-10)7-12/h1-2,4-6,13H,3H2. The van der Waals surface area contributed by atoms with Crippen LogP contribution in [0.5, 0.6) is 0 Å². The summed E-state index contributed by atoms with van der Waals surface area (Å²) in [6.07, 6.45) is 3.52. The van der Waals surface area contributed by atoms with E-state index in [9.17, 15) is 4.39 Å². The largest absolute Gasteiger partial charge is 0.207 e. The van der Waals surface area contributed by atoms with Gasteiger partial charge in [0.05, 0.1) is 11.6 Å². The summed E-state index contributed by atoms with van der Waals surface area (Å²) in [5, 5.41) is 8.56. The molecule has 0 radical (unpaired) electrons. The third-order valence-electron chi connectivity index (χ3n) is 1.46. The van der Waals surface area contributed by atoms with Crippen LogP contribution in [0.25, 0.3) is 6.08 Å². The number of rotatable bonds is 2. The predicted molar refractivity (Wildman–Crippen MR) is 54.0 cm³/mol. The fraction of sp³-hybridized carbons (Fsp3) is 0.100. The Labute approximate surface area is 81.9 Å². The van der Waals surface area contributed by atoms with Gasteiger partial charge in [-0.3, -0.25) is 0 Å². The molecule has 1 aromatic carbocycles. The molecule has 3 heteroatoms. The number of halogens is 1. The average Bonchev–Trinajstić information content (AvgIpc) is 2.14. The van der Waals surface area contributed by atoms with Crippen LogP contribution < -0.4 is 0 Å². The van der Waals surface area contributed by atoms with Crippen molar-refractivity contribution < 1.29 is 4.39 Å². The zero-order chi connectivity index (χ0) is 9.68. The topological polar surface area (TPSA) is 23.8 Å². The first-order chi connectivity index (χ1) is 6.26. The van der Waals surface area contributed by atoms with E-state index in [2.05, 4.69) is 12.6 Å². The second kappa shape index (κ2) is 4.68. The molecular weight excluding hydrogens is 185 g/mol. The summed E-state index contributed by atoms with van der Waals surface area (Å²) in [5.41, 5.74) is 1.02. The lowest BCUT2D eigenvalue weighted by molar-refractivity contribution is 0.627. The lowest BCUT2D eigenvalue weighted by Gasteiger charge is -1.95. The van der Waals surface area contributed by atoms with Crippen LogP contribution >= 0.6 is 12.6 Å². The summed E-state index contributed by atoms with van der Waals surface area (Å²) < 4.78 is 12.8. The molecule has 0 saturated carbocycles. The van der Waals surface area contributed by atoms with Crippen molar-refractivity contribution in [2.45, 2.75) is 0 Å². The van der Waals surface area contributed by atoms with Gasteiger partial charge < -0.3 is 0 Å². The molecule has 0 aliphatic rings. The van der Waals surface area contributed by atoms with E-state index in [0.717, 1.165) is 0 Å². The van der Waals surface area contributed by atoms with Crippen molar-refractivity contribution in [1.82, 2.24) is 0 Å². The number of nitrogens with zero attached hydrogens (tertiary/aromatic N) is 1. The molecule has 1 rings (SSSR count). The summed E-state index contributed by atoms with van der Waals surface area (Å²) in [4.78, 5) is 0. The normalized spacial score (nSPS) is 10.2. The van der Waals surface area contributed by atoms with Crippen LogP contribution in [0.3, 0.4) is 0 Å².